The minimum atomic E-state index is -0.332. The van der Waals surface area contributed by atoms with Gasteiger partial charge in [0.15, 0.2) is 5.69 Å². The Kier molecular flexibility index (Phi) is 4.65. The van der Waals surface area contributed by atoms with Crippen molar-refractivity contribution in [3.05, 3.63) is 53.6 Å². The molecule has 7 heteroatoms. The van der Waals surface area contributed by atoms with Crippen LogP contribution in [0.1, 0.15) is 15.9 Å². The second-order valence-electron chi connectivity index (χ2n) is 5.33. The van der Waals surface area contributed by atoms with Crippen LogP contribution < -0.4 is 14.8 Å². The summed E-state index contributed by atoms with van der Waals surface area (Å²) in [5.74, 6) is 1.28. The number of hydrogen-bond acceptors (Lipinski definition) is 6. The van der Waals surface area contributed by atoms with Crippen molar-refractivity contribution >= 4 is 11.7 Å². The number of nitrogens with zero attached hydrogens (tertiary/aromatic N) is 2. The maximum absolute atomic E-state index is 12.4. The van der Waals surface area contributed by atoms with E-state index in [0.29, 0.717) is 17.0 Å². The Labute approximate surface area is 144 Å². The lowest BCUT2D eigenvalue weighted by atomic mass is 10.1. The maximum Gasteiger partial charge on any atom is 0.257 e. The van der Waals surface area contributed by atoms with Crippen LogP contribution in [0.5, 0.6) is 11.5 Å². The Morgan fingerprint density at radius 1 is 1.08 bits per heavy atom. The zero-order chi connectivity index (χ0) is 17.8. The molecule has 1 amide bonds. The van der Waals surface area contributed by atoms with Gasteiger partial charge in [-0.2, -0.15) is 0 Å². The second kappa shape index (κ2) is 7.04. The number of carbonyl (C=O) groups is 1. The first-order valence-electron chi connectivity index (χ1n) is 7.55. The molecule has 1 aromatic heterocycles. The predicted octanol–water partition coefficient (Wildman–Crippen LogP) is 3.31. The average molecular weight is 339 g/mol. The minimum absolute atomic E-state index is 0.248. The number of methoxy groups -OCH3 is 2. The summed E-state index contributed by atoms with van der Waals surface area (Å²) >= 11 is 0. The van der Waals surface area contributed by atoms with E-state index in [1.54, 1.807) is 38.5 Å². The van der Waals surface area contributed by atoms with Gasteiger partial charge >= 0.3 is 0 Å². The van der Waals surface area contributed by atoms with Crippen molar-refractivity contribution in [2.75, 3.05) is 19.5 Å². The number of amides is 1. The number of rotatable bonds is 5. The minimum Gasteiger partial charge on any atom is -0.497 e. The van der Waals surface area contributed by atoms with Gasteiger partial charge < -0.3 is 14.8 Å². The van der Waals surface area contributed by atoms with E-state index < -0.39 is 0 Å². The smallest absolute Gasteiger partial charge is 0.257 e. The largest absolute Gasteiger partial charge is 0.497 e. The van der Waals surface area contributed by atoms with E-state index in [2.05, 4.69) is 15.6 Å². The number of benzene rings is 2. The van der Waals surface area contributed by atoms with Crippen LogP contribution in [0.25, 0.3) is 11.3 Å². The van der Waals surface area contributed by atoms with Crippen molar-refractivity contribution in [1.29, 1.82) is 0 Å². The molecule has 128 valence electrons. The van der Waals surface area contributed by atoms with Crippen LogP contribution >= 0.6 is 0 Å². The van der Waals surface area contributed by atoms with E-state index in [0.717, 1.165) is 16.9 Å². The summed E-state index contributed by atoms with van der Waals surface area (Å²) in [5, 5.41) is 10.4. The van der Waals surface area contributed by atoms with Crippen LogP contribution in [-0.4, -0.2) is 30.4 Å². The first-order chi connectivity index (χ1) is 12.1. The third-order valence-electron chi connectivity index (χ3n) is 3.72. The van der Waals surface area contributed by atoms with Gasteiger partial charge in [0, 0.05) is 11.1 Å². The van der Waals surface area contributed by atoms with Gasteiger partial charge in [-0.05, 0) is 59.2 Å². The average Bonchev–Trinajstić information content (AvgIpc) is 3.09. The van der Waals surface area contributed by atoms with Gasteiger partial charge in [0.25, 0.3) is 5.91 Å². The fraction of sp³-hybridized carbons (Fsp3) is 0.167. The standard InChI is InChI=1S/C18H17N3O4/c1-11-9-12(7-8-15(11)24-3)16-17(21-25-20-16)19-18(22)13-5-4-6-14(10-13)23-2/h4-10H,1-3H3,(H,19,21,22). The molecule has 0 aliphatic heterocycles. The first kappa shape index (κ1) is 16.5. The molecule has 3 rings (SSSR count). The zero-order valence-electron chi connectivity index (χ0n) is 14.1. The van der Waals surface area contributed by atoms with E-state index in [1.165, 1.54) is 0 Å². The molecule has 0 spiro atoms. The Hall–Kier alpha value is -3.35. The number of nitrogens with one attached hydrogen (secondary N) is 1. The van der Waals surface area contributed by atoms with Crippen LogP contribution in [0.4, 0.5) is 5.82 Å². The van der Waals surface area contributed by atoms with Crippen molar-refractivity contribution in [2.45, 2.75) is 6.92 Å². The summed E-state index contributed by atoms with van der Waals surface area (Å²) in [6.07, 6.45) is 0. The van der Waals surface area contributed by atoms with Crippen molar-refractivity contribution in [2.24, 2.45) is 0 Å². The summed E-state index contributed by atoms with van der Waals surface area (Å²) in [6, 6.07) is 12.4. The van der Waals surface area contributed by atoms with Gasteiger partial charge in [0.2, 0.25) is 5.82 Å². The Morgan fingerprint density at radius 3 is 2.64 bits per heavy atom. The van der Waals surface area contributed by atoms with E-state index in [4.69, 9.17) is 14.1 Å². The fourth-order valence-electron chi connectivity index (χ4n) is 2.43. The maximum atomic E-state index is 12.4. The summed E-state index contributed by atoms with van der Waals surface area (Å²) in [6.45, 7) is 1.92. The van der Waals surface area contributed by atoms with E-state index in [-0.39, 0.29) is 11.7 Å². The molecule has 0 bridgehead atoms. The van der Waals surface area contributed by atoms with Crippen molar-refractivity contribution < 1.29 is 18.9 Å². The van der Waals surface area contributed by atoms with Gasteiger partial charge in [-0.3, -0.25) is 4.79 Å². The number of carbonyl (C=O) groups excluding carboxylic acids is 1. The summed E-state index contributed by atoms with van der Waals surface area (Å²) in [4.78, 5) is 12.4. The molecule has 7 nitrogen and oxygen atoms in total. The normalized spacial score (nSPS) is 10.4. The molecule has 0 unspecified atom stereocenters. The number of aryl methyl sites for hydroxylation is 1. The second-order valence-corrected chi connectivity index (χ2v) is 5.33. The van der Waals surface area contributed by atoms with E-state index in [1.807, 2.05) is 25.1 Å². The zero-order valence-corrected chi connectivity index (χ0v) is 14.1. The molecule has 1 heterocycles. The molecule has 2 aromatic carbocycles. The highest BCUT2D eigenvalue weighted by atomic mass is 16.6. The Morgan fingerprint density at radius 2 is 1.92 bits per heavy atom. The molecule has 0 atom stereocenters. The number of aromatic nitrogens is 2. The van der Waals surface area contributed by atoms with Gasteiger partial charge in [-0.15, -0.1) is 0 Å². The summed E-state index contributed by atoms with van der Waals surface area (Å²) in [7, 11) is 3.15. The molecule has 0 aliphatic carbocycles. The van der Waals surface area contributed by atoms with Crippen LogP contribution in [0.2, 0.25) is 0 Å². The number of hydrogen-bond donors (Lipinski definition) is 1. The van der Waals surface area contributed by atoms with Crippen LogP contribution in [0, 0.1) is 6.92 Å². The highest BCUT2D eigenvalue weighted by molar-refractivity contribution is 6.05. The molecule has 0 fully saturated rings. The third kappa shape index (κ3) is 3.45. The summed E-state index contributed by atoms with van der Waals surface area (Å²) < 4.78 is 15.2. The molecule has 25 heavy (non-hydrogen) atoms. The number of anilines is 1. The molecular formula is C18H17N3O4. The van der Waals surface area contributed by atoms with Crippen molar-refractivity contribution in [3.8, 4) is 22.8 Å². The lowest BCUT2D eigenvalue weighted by Crippen LogP contribution is -2.13. The highest BCUT2D eigenvalue weighted by Gasteiger charge is 2.17. The van der Waals surface area contributed by atoms with Gasteiger partial charge in [-0.1, -0.05) is 6.07 Å². The predicted molar refractivity (Wildman–Crippen MR) is 92.0 cm³/mol. The number of ether oxygens (including phenoxy) is 2. The molecule has 0 radical (unpaired) electrons. The SMILES string of the molecule is COc1cccc(C(=O)Nc2nonc2-c2ccc(OC)c(C)c2)c1. The molecule has 1 N–H and O–H groups in total. The lowest BCUT2D eigenvalue weighted by Gasteiger charge is -2.07. The van der Waals surface area contributed by atoms with E-state index >= 15 is 0 Å². The van der Waals surface area contributed by atoms with Crippen molar-refractivity contribution in [3.63, 3.8) is 0 Å². The molecule has 3 aromatic rings. The Bertz CT molecular complexity index is 905. The lowest BCUT2D eigenvalue weighted by molar-refractivity contribution is 0.102. The molecule has 0 saturated heterocycles. The van der Waals surface area contributed by atoms with Gasteiger partial charge in [0.1, 0.15) is 11.5 Å². The van der Waals surface area contributed by atoms with Gasteiger partial charge in [0.05, 0.1) is 14.2 Å². The molecule has 0 aliphatic rings. The highest BCUT2D eigenvalue weighted by Crippen LogP contribution is 2.29. The monoisotopic (exact) mass is 339 g/mol. The van der Waals surface area contributed by atoms with Crippen LogP contribution in [0.15, 0.2) is 47.1 Å². The molecular weight excluding hydrogens is 322 g/mol. The molecule has 0 saturated carbocycles. The van der Waals surface area contributed by atoms with Crippen LogP contribution in [0.3, 0.4) is 0 Å². The summed E-state index contributed by atoms with van der Waals surface area (Å²) in [5.41, 5.74) is 2.59. The first-order valence-corrected chi connectivity index (χ1v) is 7.55. The fourth-order valence-corrected chi connectivity index (χ4v) is 2.43. The quantitative estimate of drug-likeness (QED) is 0.767. The Balaban J connectivity index is 1.86. The van der Waals surface area contributed by atoms with Crippen molar-refractivity contribution in [1.82, 2.24) is 10.3 Å². The van der Waals surface area contributed by atoms with E-state index in [9.17, 15) is 4.79 Å². The topological polar surface area (TPSA) is 86.5 Å². The van der Waals surface area contributed by atoms with Gasteiger partial charge in [-0.25, -0.2) is 4.63 Å². The third-order valence-corrected chi connectivity index (χ3v) is 3.72. The van der Waals surface area contributed by atoms with Crippen LogP contribution in [-0.2, 0) is 0 Å².